The highest BCUT2D eigenvalue weighted by atomic mass is 32.2. The largest absolute Gasteiger partial charge is 0.388 e. The van der Waals surface area contributed by atoms with Crippen LogP contribution in [0.25, 0.3) is 10.9 Å². The normalized spacial score (nSPS) is 17.5. The van der Waals surface area contributed by atoms with Gasteiger partial charge in [-0.2, -0.15) is 11.8 Å². The fourth-order valence-electron chi connectivity index (χ4n) is 2.84. The topological polar surface area (TPSA) is 54.3 Å². The number of carbonyl (C=O) groups excluding carboxylic acids is 1. The third-order valence-electron chi connectivity index (χ3n) is 4.30. The summed E-state index contributed by atoms with van der Waals surface area (Å²) in [6.45, 7) is 1.03. The van der Waals surface area contributed by atoms with Crippen molar-refractivity contribution in [2.75, 3.05) is 18.1 Å². The number of aromatic nitrogens is 1. The zero-order valence-corrected chi connectivity index (χ0v) is 13.4. The molecular formula is C17H22N2O2S. The smallest absolute Gasteiger partial charge is 0.221 e. The minimum atomic E-state index is -0.707. The predicted octanol–water partition coefficient (Wildman–Crippen LogP) is 2.41. The van der Waals surface area contributed by atoms with Gasteiger partial charge in [0.05, 0.1) is 5.60 Å². The molecule has 0 bridgehead atoms. The van der Waals surface area contributed by atoms with E-state index in [0.29, 0.717) is 19.5 Å². The van der Waals surface area contributed by atoms with Crippen molar-refractivity contribution in [2.24, 2.45) is 0 Å². The van der Waals surface area contributed by atoms with Gasteiger partial charge in [0, 0.05) is 31.2 Å². The summed E-state index contributed by atoms with van der Waals surface area (Å²) in [6, 6.07) is 10.2. The summed E-state index contributed by atoms with van der Waals surface area (Å²) in [6.07, 6.45) is 3.98. The van der Waals surface area contributed by atoms with E-state index in [1.807, 2.05) is 30.1 Å². The number of aliphatic hydroxyl groups is 1. The molecule has 0 spiro atoms. The summed E-state index contributed by atoms with van der Waals surface area (Å²) in [5, 5.41) is 14.5. The molecule has 2 heterocycles. The molecular weight excluding hydrogens is 296 g/mol. The van der Waals surface area contributed by atoms with Crippen LogP contribution in [0.2, 0.25) is 0 Å². The first-order chi connectivity index (χ1) is 10.7. The summed E-state index contributed by atoms with van der Waals surface area (Å²) >= 11 is 1.87. The zero-order chi connectivity index (χ0) is 15.4. The fourth-order valence-corrected chi connectivity index (χ4v) is 4.09. The number of para-hydroxylation sites is 1. The molecule has 118 valence electrons. The molecule has 5 heteroatoms. The monoisotopic (exact) mass is 318 g/mol. The van der Waals surface area contributed by atoms with Crippen LogP contribution in [-0.4, -0.2) is 39.2 Å². The molecule has 2 N–H and O–H groups in total. The van der Waals surface area contributed by atoms with Crippen molar-refractivity contribution in [2.45, 2.75) is 31.4 Å². The van der Waals surface area contributed by atoms with Gasteiger partial charge in [-0.05, 0) is 41.9 Å². The Morgan fingerprint density at radius 3 is 2.86 bits per heavy atom. The van der Waals surface area contributed by atoms with Crippen molar-refractivity contribution in [3.8, 4) is 0 Å². The highest BCUT2D eigenvalue weighted by molar-refractivity contribution is 7.99. The van der Waals surface area contributed by atoms with Gasteiger partial charge in [-0.3, -0.25) is 4.79 Å². The summed E-state index contributed by atoms with van der Waals surface area (Å²) in [5.74, 6) is 1.95. The van der Waals surface area contributed by atoms with E-state index in [1.165, 1.54) is 5.39 Å². The number of aryl methyl sites for hydroxylation is 1. The first kappa shape index (κ1) is 15.4. The van der Waals surface area contributed by atoms with Gasteiger partial charge in [-0.15, -0.1) is 0 Å². The Hall–Kier alpha value is -1.46. The van der Waals surface area contributed by atoms with Crippen LogP contribution in [0.1, 0.15) is 19.3 Å². The van der Waals surface area contributed by atoms with Gasteiger partial charge in [-0.25, -0.2) is 0 Å². The summed E-state index contributed by atoms with van der Waals surface area (Å²) in [5.41, 5.74) is 0.444. The quantitative estimate of drug-likeness (QED) is 0.890. The Kier molecular flexibility index (Phi) is 4.74. The number of carbonyl (C=O) groups is 1. The number of benzene rings is 1. The highest BCUT2D eigenvalue weighted by Crippen LogP contribution is 2.26. The molecule has 1 amide bonds. The van der Waals surface area contributed by atoms with Gasteiger partial charge in [-0.1, -0.05) is 18.2 Å². The number of hydrogen-bond donors (Lipinski definition) is 2. The molecule has 0 radical (unpaired) electrons. The molecule has 2 aromatic rings. The third kappa shape index (κ3) is 3.65. The highest BCUT2D eigenvalue weighted by Gasteiger charge is 2.29. The van der Waals surface area contributed by atoms with E-state index in [2.05, 4.69) is 28.1 Å². The van der Waals surface area contributed by atoms with Crippen LogP contribution in [-0.2, 0) is 11.3 Å². The first-order valence-corrected chi connectivity index (χ1v) is 8.92. The van der Waals surface area contributed by atoms with Crippen LogP contribution in [0.3, 0.4) is 0 Å². The van der Waals surface area contributed by atoms with E-state index in [-0.39, 0.29) is 5.91 Å². The van der Waals surface area contributed by atoms with E-state index < -0.39 is 5.60 Å². The second-order valence-electron chi connectivity index (χ2n) is 5.93. The minimum absolute atomic E-state index is 0.00410. The van der Waals surface area contributed by atoms with Crippen LogP contribution in [0.5, 0.6) is 0 Å². The Labute approximate surface area is 134 Å². The molecule has 4 nitrogen and oxygen atoms in total. The number of fused-ring (bicyclic) bond motifs is 1. The minimum Gasteiger partial charge on any atom is -0.388 e. The van der Waals surface area contributed by atoms with Gasteiger partial charge < -0.3 is 15.0 Å². The predicted molar refractivity (Wildman–Crippen MR) is 91.1 cm³/mol. The van der Waals surface area contributed by atoms with E-state index in [4.69, 9.17) is 0 Å². The maximum atomic E-state index is 12.0. The molecule has 1 fully saturated rings. The fraction of sp³-hybridized carbons (Fsp3) is 0.471. The van der Waals surface area contributed by atoms with Gasteiger partial charge >= 0.3 is 0 Å². The van der Waals surface area contributed by atoms with Gasteiger partial charge in [0.25, 0.3) is 0 Å². The molecule has 1 aliphatic heterocycles. The van der Waals surface area contributed by atoms with Crippen molar-refractivity contribution in [3.05, 3.63) is 36.5 Å². The molecule has 0 unspecified atom stereocenters. The second kappa shape index (κ2) is 6.75. The number of nitrogens with zero attached hydrogens (tertiary/aromatic N) is 1. The molecule has 1 aromatic heterocycles. The van der Waals surface area contributed by atoms with E-state index in [9.17, 15) is 9.90 Å². The Morgan fingerprint density at radius 1 is 1.27 bits per heavy atom. The van der Waals surface area contributed by atoms with Crippen LogP contribution < -0.4 is 5.32 Å². The number of nitrogens with one attached hydrogen (secondary N) is 1. The molecule has 3 rings (SSSR count). The molecule has 22 heavy (non-hydrogen) atoms. The second-order valence-corrected chi connectivity index (χ2v) is 7.16. The Bertz CT molecular complexity index is 647. The van der Waals surface area contributed by atoms with Crippen LogP contribution >= 0.6 is 11.8 Å². The average Bonchev–Trinajstić information content (AvgIpc) is 2.95. The van der Waals surface area contributed by atoms with Crippen molar-refractivity contribution in [1.29, 1.82) is 0 Å². The van der Waals surface area contributed by atoms with E-state index >= 15 is 0 Å². The first-order valence-electron chi connectivity index (χ1n) is 7.77. The number of rotatable bonds is 5. The van der Waals surface area contributed by atoms with Crippen molar-refractivity contribution >= 4 is 28.6 Å². The molecule has 0 atom stereocenters. The SMILES string of the molecule is O=C(CCn1ccc2ccccc21)NCC1(O)CCSCC1. The Morgan fingerprint density at radius 2 is 2.05 bits per heavy atom. The zero-order valence-electron chi connectivity index (χ0n) is 12.6. The van der Waals surface area contributed by atoms with Gasteiger partial charge in [0.15, 0.2) is 0 Å². The van der Waals surface area contributed by atoms with Crippen LogP contribution in [0, 0.1) is 0 Å². The lowest BCUT2D eigenvalue weighted by Crippen LogP contribution is -2.45. The number of amides is 1. The standard InChI is InChI=1S/C17H22N2O2S/c20-16(18-13-17(21)7-11-22-12-8-17)6-10-19-9-5-14-3-1-2-4-15(14)19/h1-5,9,21H,6-8,10-13H2,(H,18,20). The lowest BCUT2D eigenvalue weighted by molar-refractivity contribution is -0.122. The van der Waals surface area contributed by atoms with Crippen molar-refractivity contribution in [1.82, 2.24) is 9.88 Å². The summed E-state index contributed by atoms with van der Waals surface area (Å²) in [4.78, 5) is 12.0. The van der Waals surface area contributed by atoms with Gasteiger partial charge in [0.2, 0.25) is 5.91 Å². The molecule has 1 saturated heterocycles. The lowest BCUT2D eigenvalue weighted by Gasteiger charge is -2.31. The molecule has 0 saturated carbocycles. The third-order valence-corrected chi connectivity index (χ3v) is 5.28. The summed E-state index contributed by atoms with van der Waals surface area (Å²) in [7, 11) is 0. The molecule has 0 aliphatic carbocycles. The summed E-state index contributed by atoms with van der Waals surface area (Å²) < 4.78 is 2.10. The molecule has 1 aliphatic rings. The van der Waals surface area contributed by atoms with Gasteiger partial charge in [0.1, 0.15) is 0 Å². The Balaban J connectivity index is 1.50. The van der Waals surface area contributed by atoms with Crippen LogP contribution in [0.4, 0.5) is 0 Å². The van der Waals surface area contributed by atoms with E-state index in [0.717, 1.165) is 29.9 Å². The number of thioether (sulfide) groups is 1. The van der Waals surface area contributed by atoms with Crippen LogP contribution in [0.15, 0.2) is 36.5 Å². The maximum absolute atomic E-state index is 12.0. The van der Waals surface area contributed by atoms with Crippen molar-refractivity contribution in [3.63, 3.8) is 0 Å². The maximum Gasteiger partial charge on any atom is 0.221 e. The number of hydrogen-bond acceptors (Lipinski definition) is 3. The van der Waals surface area contributed by atoms with Crippen molar-refractivity contribution < 1.29 is 9.90 Å². The lowest BCUT2D eigenvalue weighted by atomic mass is 9.97. The van der Waals surface area contributed by atoms with E-state index in [1.54, 1.807) is 0 Å². The average molecular weight is 318 g/mol. The molecule has 1 aromatic carbocycles.